The van der Waals surface area contributed by atoms with Gasteiger partial charge in [0.15, 0.2) is 0 Å². The van der Waals surface area contributed by atoms with Crippen LogP contribution in [-0.4, -0.2) is 25.7 Å². The molecule has 2 N–H and O–H groups in total. The zero-order valence-electron chi connectivity index (χ0n) is 7.34. The molecule has 1 unspecified atom stereocenters. The van der Waals surface area contributed by atoms with E-state index < -0.39 is 12.1 Å². The second kappa shape index (κ2) is 4.04. The molecular weight excluding hydrogens is 172 g/mol. The van der Waals surface area contributed by atoms with Crippen molar-refractivity contribution in [3.05, 3.63) is 18.2 Å². The molecule has 0 aliphatic heterocycles. The predicted molar refractivity (Wildman–Crippen MR) is 45.1 cm³/mol. The second-order valence-electron chi connectivity index (χ2n) is 2.69. The highest BCUT2D eigenvalue weighted by Crippen LogP contribution is 2.14. The maximum atomic E-state index is 10.3. The van der Waals surface area contributed by atoms with Crippen molar-refractivity contribution in [2.24, 2.45) is 0 Å². The van der Waals surface area contributed by atoms with Gasteiger partial charge in [-0.3, -0.25) is 4.79 Å². The van der Waals surface area contributed by atoms with E-state index >= 15 is 0 Å². The molecule has 0 radical (unpaired) electrons. The van der Waals surface area contributed by atoms with Gasteiger partial charge in [-0.15, -0.1) is 0 Å². The smallest absolute Gasteiger partial charge is 0.306 e. The molecule has 13 heavy (non-hydrogen) atoms. The van der Waals surface area contributed by atoms with Crippen molar-refractivity contribution < 1.29 is 15.0 Å². The Balaban J connectivity index is 2.75. The number of aryl methyl sites for hydroxylation is 1. The summed E-state index contributed by atoms with van der Waals surface area (Å²) in [5, 5.41) is 17.9. The SMILES string of the molecule is CCn1ccnc1C(O)CC(=O)O. The number of hydrogen-bond acceptors (Lipinski definition) is 3. The molecule has 0 fully saturated rings. The summed E-state index contributed by atoms with van der Waals surface area (Å²) >= 11 is 0. The normalized spacial score (nSPS) is 12.8. The second-order valence-corrected chi connectivity index (χ2v) is 2.69. The number of hydrogen-bond donors (Lipinski definition) is 2. The number of rotatable bonds is 4. The fraction of sp³-hybridized carbons (Fsp3) is 0.500. The van der Waals surface area contributed by atoms with Gasteiger partial charge in [0.2, 0.25) is 0 Å². The minimum absolute atomic E-state index is 0.309. The Hall–Kier alpha value is -1.36. The number of aliphatic hydroxyl groups excluding tert-OH is 1. The number of carboxylic acid groups (broad SMARTS) is 1. The van der Waals surface area contributed by atoms with Gasteiger partial charge < -0.3 is 14.8 Å². The van der Waals surface area contributed by atoms with E-state index in [1.165, 1.54) is 0 Å². The van der Waals surface area contributed by atoms with E-state index in [2.05, 4.69) is 4.98 Å². The summed E-state index contributed by atoms with van der Waals surface area (Å²) in [4.78, 5) is 14.2. The van der Waals surface area contributed by atoms with Crippen molar-refractivity contribution in [1.82, 2.24) is 9.55 Å². The van der Waals surface area contributed by atoms with Gasteiger partial charge in [0, 0.05) is 18.9 Å². The van der Waals surface area contributed by atoms with Crippen LogP contribution < -0.4 is 0 Å². The number of aliphatic hydroxyl groups is 1. The lowest BCUT2D eigenvalue weighted by Crippen LogP contribution is -2.11. The highest BCUT2D eigenvalue weighted by molar-refractivity contribution is 5.67. The monoisotopic (exact) mass is 184 g/mol. The Kier molecular flexibility index (Phi) is 3.02. The first-order valence-corrected chi connectivity index (χ1v) is 4.06. The van der Waals surface area contributed by atoms with Gasteiger partial charge in [0.05, 0.1) is 6.42 Å². The quantitative estimate of drug-likeness (QED) is 0.710. The Bertz CT molecular complexity index is 295. The first kappa shape index (κ1) is 9.73. The third kappa shape index (κ3) is 2.29. The number of carboxylic acids is 1. The molecule has 0 amide bonds. The van der Waals surface area contributed by atoms with Crippen LogP contribution in [0.15, 0.2) is 12.4 Å². The maximum absolute atomic E-state index is 10.3. The summed E-state index contributed by atoms with van der Waals surface area (Å²) in [6.07, 6.45) is 1.92. The standard InChI is InChI=1S/C8H12N2O3/c1-2-10-4-3-9-8(10)6(11)5-7(12)13/h3-4,6,11H,2,5H2,1H3,(H,12,13). The largest absolute Gasteiger partial charge is 0.481 e. The van der Waals surface area contributed by atoms with Crippen molar-refractivity contribution in [2.45, 2.75) is 26.0 Å². The van der Waals surface area contributed by atoms with E-state index in [1.54, 1.807) is 17.0 Å². The molecule has 5 heteroatoms. The van der Waals surface area contributed by atoms with Gasteiger partial charge in [0.25, 0.3) is 0 Å². The van der Waals surface area contributed by atoms with Gasteiger partial charge in [-0.2, -0.15) is 0 Å². The molecule has 5 nitrogen and oxygen atoms in total. The summed E-state index contributed by atoms with van der Waals surface area (Å²) in [5.41, 5.74) is 0. The minimum atomic E-state index is -1.03. The fourth-order valence-electron chi connectivity index (χ4n) is 1.14. The molecule has 0 saturated carbocycles. The van der Waals surface area contributed by atoms with E-state index in [9.17, 15) is 9.90 Å². The summed E-state index contributed by atoms with van der Waals surface area (Å²) < 4.78 is 1.72. The number of carbonyl (C=O) groups is 1. The van der Waals surface area contributed by atoms with Crippen LogP contribution in [0.2, 0.25) is 0 Å². The van der Waals surface area contributed by atoms with Gasteiger partial charge in [-0.05, 0) is 6.92 Å². The molecule has 0 aliphatic rings. The van der Waals surface area contributed by atoms with Gasteiger partial charge in [0.1, 0.15) is 11.9 Å². The summed E-state index contributed by atoms with van der Waals surface area (Å²) in [6, 6.07) is 0. The number of nitrogens with zero attached hydrogens (tertiary/aromatic N) is 2. The first-order chi connectivity index (χ1) is 6.15. The molecule has 0 aromatic carbocycles. The van der Waals surface area contributed by atoms with E-state index in [0.29, 0.717) is 12.4 Å². The fourth-order valence-corrected chi connectivity index (χ4v) is 1.14. The van der Waals surface area contributed by atoms with Crippen LogP contribution >= 0.6 is 0 Å². The first-order valence-electron chi connectivity index (χ1n) is 4.06. The summed E-state index contributed by atoms with van der Waals surface area (Å²) in [5.74, 6) is -0.622. The maximum Gasteiger partial charge on any atom is 0.306 e. The Morgan fingerprint density at radius 1 is 1.77 bits per heavy atom. The Morgan fingerprint density at radius 3 is 3.00 bits per heavy atom. The molecule has 0 saturated heterocycles. The van der Waals surface area contributed by atoms with Crippen molar-refractivity contribution in [3.63, 3.8) is 0 Å². The number of aromatic nitrogens is 2. The zero-order chi connectivity index (χ0) is 9.84. The molecule has 72 valence electrons. The Labute approximate surface area is 75.6 Å². The molecule has 1 rings (SSSR count). The van der Waals surface area contributed by atoms with Crippen LogP contribution in [0, 0.1) is 0 Å². The lowest BCUT2D eigenvalue weighted by molar-refractivity contribution is -0.139. The lowest BCUT2D eigenvalue weighted by Gasteiger charge is -2.09. The molecule has 1 aromatic heterocycles. The topological polar surface area (TPSA) is 75.3 Å². The van der Waals surface area contributed by atoms with Gasteiger partial charge >= 0.3 is 5.97 Å². The van der Waals surface area contributed by atoms with Crippen LogP contribution in [0.4, 0.5) is 0 Å². The minimum Gasteiger partial charge on any atom is -0.481 e. The number of imidazole rings is 1. The predicted octanol–water partition coefficient (Wildman–Crippen LogP) is 0.411. The molecular formula is C8H12N2O3. The van der Waals surface area contributed by atoms with E-state index in [0.717, 1.165) is 0 Å². The van der Waals surface area contributed by atoms with Crippen molar-refractivity contribution in [3.8, 4) is 0 Å². The molecule has 1 heterocycles. The lowest BCUT2D eigenvalue weighted by atomic mass is 10.2. The van der Waals surface area contributed by atoms with Crippen molar-refractivity contribution in [2.75, 3.05) is 0 Å². The average Bonchev–Trinajstić information content (AvgIpc) is 2.49. The molecule has 1 aromatic rings. The third-order valence-electron chi connectivity index (χ3n) is 1.75. The third-order valence-corrected chi connectivity index (χ3v) is 1.75. The zero-order valence-corrected chi connectivity index (χ0v) is 7.34. The molecule has 0 aliphatic carbocycles. The van der Waals surface area contributed by atoms with E-state index in [4.69, 9.17) is 5.11 Å². The summed E-state index contributed by atoms with van der Waals surface area (Å²) in [6.45, 7) is 2.57. The van der Waals surface area contributed by atoms with Crippen LogP contribution in [-0.2, 0) is 11.3 Å². The van der Waals surface area contributed by atoms with E-state index in [1.807, 2.05) is 6.92 Å². The van der Waals surface area contributed by atoms with Crippen molar-refractivity contribution in [1.29, 1.82) is 0 Å². The van der Waals surface area contributed by atoms with Crippen LogP contribution in [0.1, 0.15) is 25.3 Å². The van der Waals surface area contributed by atoms with Crippen LogP contribution in [0.5, 0.6) is 0 Å². The highest BCUT2D eigenvalue weighted by Gasteiger charge is 2.16. The molecule has 0 bridgehead atoms. The molecule has 1 atom stereocenters. The van der Waals surface area contributed by atoms with E-state index in [-0.39, 0.29) is 6.42 Å². The number of aliphatic carboxylic acids is 1. The summed E-state index contributed by atoms with van der Waals surface area (Å²) in [7, 11) is 0. The van der Waals surface area contributed by atoms with Gasteiger partial charge in [-0.25, -0.2) is 4.98 Å². The average molecular weight is 184 g/mol. The molecule has 0 spiro atoms. The van der Waals surface area contributed by atoms with Crippen LogP contribution in [0.3, 0.4) is 0 Å². The van der Waals surface area contributed by atoms with Gasteiger partial charge in [-0.1, -0.05) is 0 Å². The Morgan fingerprint density at radius 2 is 2.46 bits per heavy atom. The van der Waals surface area contributed by atoms with Crippen molar-refractivity contribution >= 4 is 5.97 Å². The van der Waals surface area contributed by atoms with Crippen LogP contribution in [0.25, 0.3) is 0 Å². The highest BCUT2D eigenvalue weighted by atomic mass is 16.4.